The lowest BCUT2D eigenvalue weighted by Gasteiger charge is -2.33. The highest BCUT2D eigenvalue weighted by molar-refractivity contribution is 7.89. The zero-order valence-corrected chi connectivity index (χ0v) is 14.9. The van der Waals surface area contributed by atoms with Gasteiger partial charge in [0, 0.05) is 13.6 Å². The summed E-state index contributed by atoms with van der Waals surface area (Å²) in [5.74, 6) is -0.828. The number of nitrogens with one attached hydrogen (secondary N) is 1. The number of carbonyl (C=O) groups excluding carboxylic acids is 2. The molecule has 0 saturated carbocycles. The second-order valence-electron chi connectivity index (χ2n) is 5.71. The third-order valence-corrected chi connectivity index (χ3v) is 6.25. The van der Waals surface area contributed by atoms with Crippen LogP contribution in [0.15, 0.2) is 23.1 Å². The molecule has 1 aliphatic rings. The molecule has 1 aromatic rings. The van der Waals surface area contributed by atoms with Crippen LogP contribution in [0.5, 0.6) is 0 Å². The second-order valence-corrected chi connectivity index (χ2v) is 7.57. The minimum Gasteiger partial charge on any atom is -0.465 e. The minimum absolute atomic E-state index is 0.103. The average molecular weight is 354 g/mol. The fraction of sp³-hybridized carbons (Fsp3) is 0.500. The van der Waals surface area contributed by atoms with Gasteiger partial charge in [-0.1, -0.05) is 6.42 Å². The van der Waals surface area contributed by atoms with Gasteiger partial charge in [0.1, 0.15) is 6.04 Å². The average Bonchev–Trinajstić information content (AvgIpc) is 2.59. The highest BCUT2D eigenvalue weighted by Crippen LogP contribution is 2.28. The first-order valence-corrected chi connectivity index (χ1v) is 9.19. The van der Waals surface area contributed by atoms with E-state index in [2.05, 4.69) is 10.1 Å². The second kappa shape index (κ2) is 7.31. The van der Waals surface area contributed by atoms with Gasteiger partial charge in [0.2, 0.25) is 15.9 Å². The molecule has 0 aromatic heterocycles. The van der Waals surface area contributed by atoms with Crippen LogP contribution in [-0.2, 0) is 19.6 Å². The van der Waals surface area contributed by atoms with Crippen LogP contribution in [0, 0.1) is 6.92 Å². The maximum absolute atomic E-state index is 13.0. The van der Waals surface area contributed by atoms with E-state index in [9.17, 15) is 18.0 Å². The van der Waals surface area contributed by atoms with Gasteiger partial charge in [0.15, 0.2) is 0 Å². The summed E-state index contributed by atoms with van der Waals surface area (Å²) < 4.78 is 31.9. The quantitative estimate of drug-likeness (QED) is 0.817. The predicted octanol–water partition coefficient (Wildman–Crippen LogP) is 1.07. The zero-order valence-electron chi connectivity index (χ0n) is 14.0. The number of hydrogen-bond donors (Lipinski definition) is 1. The molecule has 132 valence electrons. The standard InChI is InChI=1S/C16H22N2O5S/c1-11-10-12(16(20)23-3)7-8-14(11)24(21,22)18-9-5-4-6-13(18)15(19)17-2/h7-8,10,13H,4-6,9H2,1-3H3,(H,17,19)/t13-/m1/s1. The van der Waals surface area contributed by atoms with E-state index in [0.29, 0.717) is 24.9 Å². The Hall–Kier alpha value is -1.93. The lowest BCUT2D eigenvalue weighted by atomic mass is 10.0. The molecule has 1 saturated heterocycles. The predicted molar refractivity (Wildman–Crippen MR) is 88.1 cm³/mol. The van der Waals surface area contributed by atoms with E-state index in [0.717, 1.165) is 6.42 Å². The van der Waals surface area contributed by atoms with E-state index in [4.69, 9.17) is 0 Å². The first-order chi connectivity index (χ1) is 11.3. The van der Waals surface area contributed by atoms with Gasteiger partial charge in [0.05, 0.1) is 17.6 Å². The molecular formula is C16H22N2O5S. The van der Waals surface area contributed by atoms with E-state index in [1.54, 1.807) is 6.92 Å². The Kier molecular flexibility index (Phi) is 5.61. The normalized spacial score (nSPS) is 18.9. The fourth-order valence-electron chi connectivity index (χ4n) is 2.93. The van der Waals surface area contributed by atoms with Crippen LogP contribution in [0.4, 0.5) is 0 Å². The number of ether oxygens (including phenoxy) is 1. The Labute approximate surface area is 142 Å². The molecule has 8 heteroatoms. The summed E-state index contributed by atoms with van der Waals surface area (Å²) in [6.45, 7) is 1.93. The summed E-state index contributed by atoms with van der Waals surface area (Å²) in [4.78, 5) is 23.7. The Balaban J connectivity index is 2.42. The molecule has 0 radical (unpaired) electrons. The molecule has 0 aliphatic carbocycles. The van der Waals surface area contributed by atoms with Crippen molar-refractivity contribution in [2.75, 3.05) is 20.7 Å². The maximum Gasteiger partial charge on any atom is 0.337 e. The van der Waals surface area contributed by atoms with Gasteiger partial charge in [-0.05, 0) is 43.5 Å². The number of nitrogens with zero attached hydrogens (tertiary/aromatic N) is 1. The Morgan fingerprint density at radius 3 is 2.58 bits per heavy atom. The van der Waals surface area contributed by atoms with Crippen LogP contribution < -0.4 is 5.32 Å². The number of esters is 1. The molecule has 2 rings (SSSR count). The number of amides is 1. The largest absolute Gasteiger partial charge is 0.465 e. The lowest BCUT2D eigenvalue weighted by molar-refractivity contribution is -0.125. The first kappa shape index (κ1) is 18.4. The van der Waals surface area contributed by atoms with Gasteiger partial charge in [0.25, 0.3) is 0 Å². The molecule has 1 heterocycles. The fourth-order valence-corrected chi connectivity index (χ4v) is 4.80. The van der Waals surface area contributed by atoms with E-state index in [-0.39, 0.29) is 16.4 Å². The number of likely N-dealkylation sites (N-methyl/N-ethyl adjacent to an activating group) is 1. The van der Waals surface area contributed by atoms with E-state index in [1.165, 1.54) is 36.7 Å². The smallest absolute Gasteiger partial charge is 0.337 e. The van der Waals surface area contributed by atoms with Crippen LogP contribution in [0.2, 0.25) is 0 Å². The lowest BCUT2D eigenvalue weighted by Crippen LogP contribution is -2.51. The SMILES string of the molecule is CNC(=O)[C@H]1CCCCN1S(=O)(=O)c1ccc(C(=O)OC)cc1C. The van der Waals surface area contributed by atoms with Crippen LogP contribution in [-0.4, -0.2) is 51.3 Å². The van der Waals surface area contributed by atoms with Crippen molar-refractivity contribution >= 4 is 21.9 Å². The third kappa shape index (κ3) is 3.44. The highest BCUT2D eigenvalue weighted by atomic mass is 32.2. The van der Waals surface area contributed by atoms with Gasteiger partial charge >= 0.3 is 5.97 Å². The van der Waals surface area contributed by atoms with Crippen molar-refractivity contribution in [2.24, 2.45) is 0 Å². The first-order valence-electron chi connectivity index (χ1n) is 7.75. The number of carbonyl (C=O) groups is 2. The number of rotatable bonds is 4. The summed E-state index contributed by atoms with van der Waals surface area (Å²) in [7, 11) is -1.06. The van der Waals surface area contributed by atoms with Crippen molar-refractivity contribution in [3.63, 3.8) is 0 Å². The molecule has 1 amide bonds. The minimum atomic E-state index is -3.83. The molecule has 1 fully saturated rings. The summed E-state index contributed by atoms with van der Waals surface area (Å²) in [5.41, 5.74) is 0.731. The zero-order chi connectivity index (χ0) is 17.9. The summed E-state index contributed by atoms with van der Waals surface area (Å²) >= 11 is 0. The molecule has 1 atom stereocenters. The van der Waals surface area contributed by atoms with Crippen LogP contribution >= 0.6 is 0 Å². The number of benzene rings is 1. The summed E-state index contributed by atoms with van der Waals surface area (Å²) in [6, 6.07) is 3.60. The third-order valence-electron chi connectivity index (χ3n) is 4.19. The molecule has 1 aromatic carbocycles. The van der Waals surface area contributed by atoms with Crippen molar-refractivity contribution in [3.8, 4) is 0 Å². The summed E-state index contributed by atoms with van der Waals surface area (Å²) in [6.07, 6.45) is 2.02. The van der Waals surface area contributed by atoms with Crippen molar-refractivity contribution in [3.05, 3.63) is 29.3 Å². The van der Waals surface area contributed by atoms with Gasteiger partial charge in [-0.3, -0.25) is 4.79 Å². The van der Waals surface area contributed by atoms with Crippen molar-refractivity contribution in [2.45, 2.75) is 37.1 Å². The van der Waals surface area contributed by atoms with Crippen molar-refractivity contribution < 1.29 is 22.7 Å². The molecule has 1 aliphatic heterocycles. The number of methoxy groups -OCH3 is 1. The Morgan fingerprint density at radius 1 is 1.29 bits per heavy atom. The highest BCUT2D eigenvalue weighted by Gasteiger charge is 2.37. The summed E-state index contributed by atoms with van der Waals surface area (Å²) in [5, 5.41) is 2.53. The van der Waals surface area contributed by atoms with Gasteiger partial charge in [-0.2, -0.15) is 4.31 Å². The number of sulfonamides is 1. The van der Waals surface area contributed by atoms with Crippen molar-refractivity contribution in [1.29, 1.82) is 0 Å². The van der Waals surface area contributed by atoms with Gasteiger partial charge in [-0.15, -0.1) is 0 Å². The number of piperidine rings is 1. The van der Waals surface area contributed by atoms with Gasteiger partial charge in [-0.25, -0.2) is 13.2 Å². The maximum atomic E-state index is 13.0. The molecule has 0 bridgehead atoms. The Morgan fingerprint density at radius 2 is 2.00 bits per heavy atom. The van der Waals surface area contributed by atoms with Gasteiger partial charge < -0.3 is 10.1 Å². The van der Waals surface area contributed by atoms with Crippen LogP contribution in [0.3, 0.4) is 0 Å². The molecule has 7 nitrogen and oxygen atoms in total. The van der Waals surface area contributed by atoms with E-state index in [1.807, 2.05) is 0 Å². The molecule has 1 N–H and O–H groups in total. The van der Waals surface area contributed by atoms with E-state index < -0.39 is 22.0 Å². The van der Waals surface area contributed by atoms with Crippen LogP contribution in [0.25, 0.3) is 0 Å². The molecular weight excluding hydrogens is 332 g/mol. The number of hydrogen-bond acceptors (Lipinski definition) is 5. The topological polar surface area (TPSA) is 92.8 Å². The molecule has 0 spiro atoms. The van der Waals surface area contributed by atoms with E-state index >= 15 is 0 Å². The monoisotopic (exact) mass is 354 g/mol. The molecule has 24 heavy (non-hydrogen) atoms. The van der Waals surface area contributed by atoms with Crippen LogP contribution in [0.1, 0.15) is 35.2 Å². The van der Waals surface area contributed by atoms with Crippen molar-refractivity contribution in [1.82, 2.24) is 9.62 Å². The number of aryl methyl sites for hydroxylation is 1. The molecule has 0 unspecified atom stereocenters. The Bertz CT molecular complexity index is 745.